The summed E-state index contributed by atoms with van der Waals surface area (Å²) in [5.74, 6) is 2.79. The standard InChI is InChI=1S/C28H28N2O6/c1-33-24-5-3-4-20(26(24)34-2)21-12-19-15-29(11-10-22(19)30(28(21)32)14-17-6-7-17)27(31)18-8-9-23-25(13-18)36-16-35-23/h3-5,8-9,12-13,17H,6-7,10-11,14-16H2,1-2H3. The summed E-state index contributed by atoms with van der Waals surface area (Å²) in [5, 5.41) is 0. The summed E-state index contributed by atoms with van der Waals surface area (Å²) < 4.78 is 23.9. The van der Waals surface area contributed by atoms with E-state index < -0.39 is 0 Å². The van der Waals surface area contributed by atoms with E-state index in [1.54, 1.807) is 32.4 Å². The number of ether oxygens (including phenoxy) is 4. The van der Waals surface area contributed by atoms with Crippen molar-refractivity contribution >= 4 is 5.91 Å². The Morgan fingerprint density at radius 3 is 2.64 bits per heavy atom. The van der Waals surface area contributed by atoms with Gasteiger partial charge in [0.25, 0.3) is 11.5 Å². The first-order valence-electron chi connectivity index (χ1n) is 12.2. The number of para-hydroxylation sites is 1. The fraction of sp³-hybridized carbons (Fsp3) is 0.357. The first-order chi connectivity index (χ1) is 17.6. The van der Waals surface area contributed by atoms with Crippen molar-refractivity contribution < 1.29 is 23.7 Å². The third kappa shape index (κ3) is 3.86. The zero-order chi connectivity index (χ0) is 24.8. The van der Waals surface area contributed by atoms with Crippen LogP contribution in [0.25, 0.3) is 11.1 Å². The molecular formula is C28H28N2O6. The number of nitrogens with zero attached hydrogens (tertiary/aromatic N) is 2. The molecule has 1 aliphatic carbocycles. The van der Waals surface area contributed by atoms with E-state index in [0.717, 1.165) is 24.1 Å². The molecular weight excluding hydrogens is 460 g/mol. The summed E-state index contributed by atoms with van der Waals surface area (Å²) in [6.45, 7) is 1.84. The van der Waals surface area contributed by atoms with Crippen molar-refractivity contribution in [2.24, 2.45) is 5.92 Å². The molecule has 3 aliphatic rings. The monoisotopic (exact) mass is 488 g/mol. The molecule has 0 atom stereocenters. The minimum absolute atomic E-state index is 0.0252. The van der Waals surface area contributed by atoms with Crippen LogP contribution in [0.4, 0.5) is 0 Å². The van der Waals surface area contributed by atoms with Crippen molar-refractivity contribution in [3.8, 4) is 34.1 Å². The van der Waals surface area contributed by atoms with Gasteiger partial charge >= 0.3 is 0 Å². The van der Waals surface area contributed by atoms with Gasteiger partial charge in [-0.1, -0.05) is 12.1 Å². The van der Waals surface area contributed by atoms with Crippen LogP contribution in [0.1, 0.15) is 34.5 Å². The summed E-state index contributed by atoms with van der Waals surface area (Å²) in [6.07, 6.45) is 2.91. The van der Waals surface area contributed by atoms with Gasteiger partial charge in [0, 0.05) is 42.9 Å². The van der Waals surface area contributed by atoms with Crippen molar-refractivity contribution in [2.45, 2.75) is 32.4 Å². The van der Waals surface area contributed by atoms with Gasteiger partial charge < -0.3 is 28.4 Å². The number of hydrogen-bond donors (Lipinski definition) is 0. The van der Waals surface area contributed by atoms with Crippen LogP contribution in [0.5, 0.6) is 23.0 Å². The zero-order valence-corrected chi connectivity index (χ0v) is 20.4. The maximum Gasteiger partial charge on any atom is 0.258 e. The highest BCUT2D eigenvalue weighted by Crippen LogP contribution is 2.39. The summed E-state index contributed by atoms with van der Waals surface area (Å²) >= 11 is 0. The van der Waals surface area contributed by atoms with Gasteiger partial charge in [-0.05, 0) is 54.7 Å². The average Bonchev–Trinajstić information content (AvgIpc) is 3.61. The number of methoxy groups -OCH3 is 2. The minimum atomic E-state index is -0.0700. The molecule has 0 saturated heterocycles. The fourth-order valence-corrected chi connectivity index (χ4v) is 5.15. The molecule has 1 fully saturated rings. The Labute approximate surface area is 209 Å². The Balaban J connectivity index is 1.40. The number of hydrogen-bond acceptors (Lipinski definition) is 6. The number of carbonyl (C=O) groups is 1. The molecule has 6 rings (SSSR count). The van der Waals surface area contributed by atoms with E-state index in [9.17, 15) is 9.59 Å². The lowest BCUT2D eigenvalue weighted by Gasteiger charge is -2.31. The summed E-state index contributed by atoms with van der Waals surface area (Å²) in [5.41, 5.74) is 3.78. The first kappa shape index (κ1) is 22.5. The molecule has 2 aliphatic heterocycles. The Kier molecular flexibility index (Phi) is 5.59. The molecule has 0 bridgehead atoms. The lowest BCUT2D eigenvalue weighted by Crippen LogP contribution is -2.39. The highest BCUT2D eigenvalue weighted by atomic mass is 16.7. The van der Waals surface area contributed by atoms with Crippen molar-refractivity contribution in [1.29, 1.82) is 0 Å². The quantitative estimate of drug-likeness (QED) is 0.524. The Hall–Kier alpha value is -3.94. The molecule has 0 radical (unpaired) electrons. The second-order valence-corrected chi connectivity index (χ2v) is 9.47. The van der Waals surface area contributed by atoms with E-state index in [2.05, 4.69) is 0 Å². The van der Waals surface area contributed by atoms with Crippen LogP contribution in [-0.4, -0.2) is 42.9 Å². The zero-order valence-electron chi connectivity index (χ0n) is 20.4. The Bertz CT molecular complexity index is 1410. The molecule has 3 aromatic rings. The smallest absolute Gasteiger partial charge is 0.258 e. The SMILES string of the molecule is COc1cccc(-c2cc3c(n(CC4CC4)c2=O)CCN(C(=O)c2ccc4c(c2)OCO4)C3)c1OC. The van der Waals surface area contributed by atoms with Gasteiger partial charge in [-0.2, -0.15) is 0 Å². The number of pyridine rings is 1. The van der Waals surface area contributed by atoms with Gasteiger partial charge in [-0.25, -0.2) is 0 Å². The van der Waals surface area contributed by atoms with Gasteiger partial charge in [0.15, 0.2) is 23.0 Å². The van der Waals surface area contributed by atoms with Crippen LogP contribution < -0.4 is 24.5 Å². The Morgan fingerprint density at radius 1 is 1.03 bits per heavy atom. The van der Waals surface area contributed by atoms with Crippen LogP contribution in [0, 0.1) is 5.92 Å². The summed E-state index contributed by atoms with van der Waals surface area (Å²) in [4.78, 5) is 29.0. The van der Waals surface area contributed by atoms with Crippen LogP contribution in [0.3, 0.4) is 0 Å². The van der Waals surface area contributed by atoms with Crippen molar-refractivity contribution in [3.05, 3.63) is 69.6 Å². The van der Waals surface area contributed by atoms with Crippen LogP contribution in [0.15, 0.2) is 47.3 Å². The average molecular weight is 489 g/mol. The molecule has 1 amide bonds. The molecule has 1 saturated carbocycles. The summed E-state index contributed by atoms with van der Waals surface area (Å²) in [7, 11) is 3.16. The summed E-state index contributed by atoms with van der Waals surface area (Å²) in [6, 6.07) is 12.8. The van der Waals surface area contributed by atoms with Gasteiger partial charge in [-0.3, -0.25) is 9.59 Å². The third-order valence-electron chi connectivity index (χ3n) is 7.21. The molecule has 0 N–H and O–H groups in total. The van der Waals surface area contributed by atoms with Gasteiger partial charge in [0.2, 0.25) is 6.79 Å². The molecule has 0 spiro atoms. The first-order valence-corrected chi connectivity index (χ1v) is 12.2. The fourth-order valence-electron chi connectivity index (χ4n) is 5.15. The molecule has 186 valence electrons. The maximum absolute atomic E-state index is 13.8. The molecule has 3 heterocycles. The number of rotatable bonds is 6. The Morgan fingerprint density at radius 2 is 1.86 bits per heavy atom. The molecule has 36 heavy (non-hydrogen) atoms. The number of benzene rings is 2. The second-order valence-electron chi connectivity index (χ2n) is 9.47. The van der Waals surface area contributed by atoms with E-state index in [-0.39, 0.29) is 18.3 Å². The molecule has 0 unspecified atom stereocenters. The highest BCUT2D eigenvalue weighted by Gasteiger charge is 2.30. The van der Waals surface area contributed by atoms with Gasteiger partial charge in [-0.15, -0.1) is 0 Å². The van der Waals surface area contributed by atoms with Crippen molar-refractivity contribution in [3.63, 3.8) is 0 Å². The third-order valence-corrected chi connectivity index (χ3v) is 7.21. The van der Waals surface area contributed by atoms with Crippen LogP contribution >= 0.6 is 0 Å². The van der Waals surface area contributed by atoms with Gasteiger partial charge in [0.05, 0.1) is 19.8 Å². The normalized spacial score (nSPS) is 16.0. The van der Waals surface area contributed by atoms with Gasteiger partial charge in [0.1, 0.15) is 0 Å². The predicted molar refractivity (Wildman–Crippen MR) is 133 cm³/mol. The topological polar surface area (TPSA) is 79.2 Å². The number of amides is 1. The number of fused-ring (bicyclic) bond motifs is 2. The molecule has 1 aromatic heterocycles. The van der Waals surface area contributed by atoms with E-state index in [4.69, 9.17) is 18.9 Å². The molecule has 2 aromatic carbocycles. The van der Waals surface area contributed by atoms with E-state index in [0.29, 0.717) is 71.7 Å². The lowest BCUT2D eigenvalue weighted by atomic mass is 9.97. The maximum atomic E-state index is 13.8. The molecule has 8 heteroatoms. The van der Waals surface area contributed by atoms with Crippen LogP contribution in [0.2, 0.25) is 0 Å². The van der Waals surface area contributed by atoms with E-state index in [1.165, 1.54) is 0 Å². The van der Waals surface area contributed by atoms with Crippen molar-refractivity contribution in [2.75, 3.05) is 27.6 Å². The predicted octanol–water partition coefficient (Wildman–Crippen LogP) is 3.87. The number of aromatic nitrogens is 1. The van der Waals surface area contributed by atoms with Crippen molar-refractivity contribution in [1.82, 2.24) is 9.47 Å². The molecule has 8 nitrogen and oxygen atoms in total. The highest BCUT2D eigenvalue weighted by molar-refractivity contribution is 5.95. The van der Waals surface area contributed by atoms with Crippen LogP contribution in [-0.2, 0) is 19.5 Å². The van der Waals surface area contributed by atoms with E-state index in [1.807, 2.05) is 33.7 Å². The lowest BCUT2D eigenvalue weighted by molar-refractivity contribution is 0.0731. The number of carbonyl (C=O) groups excluding carboxylic acids is 1. The second kappa shape index (κ2) is 8.93. The largest absolute Gasteiger partial charge is 0.493 e. The minimum Gasteiger partial charge on any atom is -0.493 e. The van der Waals surface area contributed by atoms with E-state index >= 15 is 0 Å².